The summed E-state index contributed by atoms with van der Waals surface area (Å²) in [5, 5.41) is 0. The Morgan fingerprint density at radius 1 is 1.25 bits per heavy atom. The number of carbonyl (C=O) groups excluding carboxylic acids is 1. The molecule has 7 heteroatoms. The van der Waals surface area contributed by atoms with E-state index in [1.807, 2.05) is 13.8 Å². The van der Waals surface area contributed by atoms with Crippen LogP contribution in [-0.2, 0) is 0 Å². The number of nitrogens with zero attached hydrogens (tertiary/aromatic N) is 1. The third-order valence-corrected chi connectivity index (χ3v) is 2.79. The summed E-state index contributed by atoms with van der Waals surface area (Å²) in [6, 6.07) is 0.969. The number of hydrogen-bond acceptors (Lipinski definition) is 2. The lowest BCUT2D eigenvalue weighted by atomic mass is 9.93. The topological polar surface area (TPSA) is 46.3 Å². The minimum absolute atomic E-state index is 0. The average Bonchev–Trinajstić information content (AvgIpc) is 2.26. The zero-order valence-corrected chi connectivity index (χ0v) is 12.4. The molecule has 1 aromatic carbocycles. The molecule has 1 rings (SSSR count). The molecule has 0 aliphatic carbocycles. The minimum Gasteiger partial charge on any atom is -0.341 e. The van der Waals surface area contributed by atoms with Gasteiger partial charge in [-0.2, -0.15) is 0 Å². The Morgan fingerprint density at radius 3 is 2.10 bits per heavy atom. The molecule has 0 radical (unpaired) electrons. The molecule has 0 aliphatic heterocycles. The van der Waals surface area contributed by atoms with E-state index in [-0.39, 0.29) is 24.4 Å². The van der Waals surface area contributed by atoms with Crippen molar-refractivity contribution in [2.45, 2.75) is 13.8 Å². The molecule has 0 saturated carbocycles. The van der Waals surface area contributed by atoms with E-state index in [0.717, 1.165) is 0 Å². The van der Waals surface area contributed by atoms with E-state index in [4.69, 9.17) is 5.73 Å². The smallest absolute Gasteiger partial charge is 0.259 e. The fraction of sp³-hybridized carbons (Fsp3) is 0.462. The van der Waals surface area contributed by atoms with Crippen LogP contribution in [0.4, 0.5) is 13.2 Å². The van der Waals surface area contributed by atoms with Crippen molar-refractivity contribution < 1.29 is 18.0 Å². The molecule has 0 heterocycles. The zero-order chi connectivity index (χ0) is 14.8. The van der Waals surface area contributed by atoms with Crippen LogP contribution in [0, 0.1) is 22.9 Å². The van der Waals surface area contributed by atoms with Crippen molar-refractivity contribution in [1.29, 1.82) is 0 Å². The molecule has 0 fully saturated rings. The second kappa shape index (κ2) is 6.95. The summed E-state index contributed by atoms with van der Waals surface area (Å²) in [5.74, 6) is -4.31. The van der Waals surface area contributed by atoms with Gasteiger partial charge in [-0.25, -0.2) is 13.2 Å². The summed E-state index contributed by atoms with van der Waals surface area (Å²) in [5.41, 5.74) is 4.41. The summed E-state index contributed by atoms with van der Waals surface area (Å²) in [4.78, 5) is 13.1. The van der Waals surface area contributed by atoms with Gasteiger partial charge in [0.15, 0.2) is 0 Å². The Kier molecular flexibility index (Phi) is 6.50. The van der Waals surface area contributed by atoms with Crippen LogP contribution in [0.2, 0.25) is 0 Å². The SMILES string of the molecule is CN(CC(C)(C)CN)C(=O)c1c(F)cc(F)cc1F.Cl. The van der Waals surface area contributed by atoms with Gasteiger partial charge in [-0.1, -0.05) is 13.8 Å². The predicted octanol–water partition coefficient (Wildman–Crippen LogP) is 2.58. The maximum absolute atomic E-state index is 13.5. The summed E-state index contributed by atoms with van der Waals surface area (Å²) in [6.07, 6.45) is 0. The number of nitrogens with two attached hydrogens (primary N) is 1. The van der Waals surface area contributed by atoms with Crippen molar-refractivity contribution in [2.24, 2.45) is 11.1 Å². The molecule has 1 amide bonds. The number of hydrogen-bond donors (Lipinski definition) is 1. The van der Waals surface area contributed by atoms with E-state index in [0.29, 0.717) is 18.7 Å². The van der Waals surface area contributed by atoms with Gasteiger partial charge >= 0.3 is 0 Å². The summed E-state index contributed by atoms with van der Waals surface area (Å²) in [6.45, 7) is 4.21. The standard InChI is InChI=1S/C13H17F3N2O.ClH/c1-13(2,6-17)7-18(3)12(19)11-9(15)4-8(14)5-10(11)16;/h4-5H,6-7,17H2,1-3H3;1H. The fourth-order valence-corrected chi connectivity index (χ4v) is 1.72. The first-order valence-corrected chi connectivity index (χ1v) is 5.78. The van der Waals surface area contributed by atoms with Crippen LogP contribution in [0.3, 0.4) is 0 Å². The Hall–Kier alpha value is -1.27. The van der Waals surface area contributed by atoms with Crippen LogP contribution < -0.4 is 5.73 Å². The molecule has 20 heavy (non-hydrogen) atoms. The van der Waals surface area contributed by atoms with E-state index in [1.165, 1.54) is 11.9 Å². The highest BCUT2D eigenvalue weighted by atomic mass is 35.5. The zero-order valence-electron chi connectivity index (χ0n) is 11.5. The third-order valence-electron chi connectivity index (χ3n) is 2.79. The van der Waals surface area contributed by atoms with Crippen molar-refractivity contribution in [1.82, 2.24) is 4.90 Å². The first-order chi connectivity index (χ1) is 8.68. The van der Waals surface area contributed by atoms with Gasteiger partial charge in [0.1, 0.15) is 23.0 Å². The van der Waals surface area contributed by atoms with Gasteiger partial charge in [-0.3, -0.25) is 4.79 Å². The molecular formula is C13H18ClF3N2O. The van der Waals surface area contributed by atoms with E-state index in [1.54, 1.807) is 0 Å². The molecule has 0 aromatic heterocycles. The van der Waals surface area contributed by atoms with Crippen LogP contribution in [0.15, 0.2) is 12.1 Å². The molecule has 3 nitrogen and oxygen atoms in total. The normalized spacial score (nSPS) is 10.9. The first kappa shape index (κ1) is 18.7. The van der Waals surface area contributed by atoms with Crippen LogP contribution in [0.25, 0.3) is 0 Å². The predicted molar refractivity (Wildman–Crippen MR) is 73.4 cm³/mol. The van der Waals surface area contributed by atoms with Crippen LogP contribution in [0.5, 0.6) is 0 Å². The fourth-order valence-electron chi connectivity index (χ4n) is 1.72. The highest BCUT2D eigenvalue weighted by molar-refractivity contribution is 5.94. The lowest BCUT2D eigenvalue weighted by molar-refractivity contribution is 0.0730. The van der Waals surface area contributed by atoms with Gasteiger partial charge < -0.3 is 10.6 Å². The Morgan fingerprint density at radius 2 is 1.70 bits per heavy atom. The first-order valence-electron chi connectivity index (χ1n) is 5.78. The van der Waals surface area contributed by atoms with Crippen LogP contribution >= 0.6 is 12.4 Å². The minimum atomic E-state index is -1.21. The largest absolute Gasteiger partial charge is 0.341 e. The Bertz CT molecular complexity index is 471. The second-order valence-corrected chi connectivity index (χ2v) is 5.27. The molecule has 0 aliphatic rings. The van der Waals surface area contributed by atoms with Crippen molar-refractivity contribution in [3.8, 4) is 0 Å². The Labute approximate surface area is 122 Å². The van der Waals surface area contributed by atoms with Crippen LogP contribution in [0.1, 0.15) is 24.2 Å². The summed E-state index contributed by atoms with van der Waals surface area (Å²) >= 11 is 0. The number of rotatable bonds is 4. The van der Waals surface area contributed by atoms with E-state index < -0.39 is 28.9 Å². The van der Waals surface area contributed by atoms with Crippen molar-refractivity contribution in [3.05, 3.63) is 35.1 Å². The number of benzene rings is 1. The highest BCUT2D eigenvalue weighted by Crippen LogP contribution is 2.19. The van der Waals surface area contributed by atoms with Gasteiger partial charge in [-0.15, -0.1) is 12.4 Å². The van der Waals surface area contributed by atoms with Crippen molar-refractivity contribution in [3.63, 3.8) is 0 Å². The Balaban J connectivity index is 0.00000361. The van der Waals surface area contributed by atoms with Gasteiger partial charge in [0.05, 0.1) is 0 Å². The molecule has 0 atom stereocenters. The molecule has 0 unspecified atom stereocenters. The second-order valence-electron chi connectivity index (χ2n) is 5.27. The average molecular weight is 311 g/mol. The van der Waals surface area contributed by atoms with Gasteiger partial charge in [0.25, 0.3) is 5.91 Å². The summed E-state index contributed by atoms with van der Waals surface area (Å²) in [7, 11) is 1.42. The van der Waals surface area contributed by atoms with Gasteiger partial charge in [0.2, 0.25) is 0 Å². The third kappa shape index (κ3) is 4.38. The van der Waals surface area contributed by atoms with Crippen molar-refractivity contribution in [2.75, 3.05) is 20.1 Å². The number of halogens is 4. The molecule has 114 valence electrons. The van der Waals surface area contributed by atoms with Gasteiger partial charge in [-0.05, 0) is 12.0 Å². The van der Waals surface area contributed by atoms with Crippen molar-refractivity contribution >= 4 is 18.3 Å². The van der Waals surface area contributed by atoms with E-state index in [9.17, 15) is 18.0 Å². The molecule has 0 bridgehead atoms. The number of amides is 1. The maximum Gasteiger partial charge on any atom is 0.259 e. The monoisotopic (exact) mass is 310 g/mol. The molecule has 0 saturated heterocycles. The quantitative estimate of drug-likeness (QED) is 0.929. The lowest BCUT2D eigenvalue weighted by Gasteiger charge is -2.29. The van der Waals surface area contributed by atoms with Gasteiger partial charge in [0, 0.05) is 25.7 Å². The number of carbonyl (C=O) groups is 1. The van der Waals surface area contributed by atoms with E-state index in [2.05, 4.69) is 0 Å². The van der Waals surface area contributed by atoms with Crippen LogP contribution in [-0.4, -0.2) is 30.9 Å². The lowest BCUT2D eigenvalue weighted by Crippen LogP contribution is -2.40. The molecule has 2 N–H and O–H groups in total. The summed E-state index contributed by atoms with van der Waals surface area (Å²) < 4.78 is 39.7. The maximum atomic E-state index is 13.5. The van der Waals surface area contributed by atoms with E-state index >= 15 is 0 Å². The molecular weight excluding hydrogens is 293 g/mol. The molecule has 0 spiro atoms. The highest BCUT2D eigenvalue weighted by Gasteiger charge is 2.26. The molecule has 1 aromatic rings.